The molecule has 0 aromatic heterocycles. The third-order valence-corrected chi connectivity index (χ3v) is 6.36. The molecule has 2 aliphatic heterocycles. The fourth-order valence-corrected chi connectivity index (χ4v) is 4.77. The number of amides is 4. The van der Waals surface area contributed by atoms with E-state index in [0.717, 1.165) is 9.80 Å². The molecule has 0 spiro atoms. The lowest BCUT2D eigenvalue weighted by molar-refractivity contribution is -0.254. The minimum absolute atomic E-state index is 0.255. The van der Waals surface area contributed by atoms with Crippen molar-refractivity contribution in [2.24, 2.45) is 0 Å². The van der Waals surface area contributed by atoms with Crippen molar-refractivity contribution in [3.8, 4) is 0 Å². The van der Waals surface area contributed by atoms with Gasteiger partial charge < -0.3 is 11.5 Å². The van der Waals surface area contributed by atoms with Crippen LogP contribution in [0.15, 0.2) is 72.8 Å². The lowest BCUT2D eigenvalue weighted by Gasteiger charge is -2.31. The first-order chi connectivity index (χ1) is 16.4. The molecule has 0 fully saturated rings. The van der Waals surface area contributed by atoms with Gasteiger partial charge in [0.1, 0.15) is 11.4 Å². The number of nitrogens with zero attached hydrogens (tertiary/aromatic N) is 2. The molecule has 0 saturated heterocycles. The normalized spacial score (nSPS) is 14.9. The van der Waals surface area contributed by atoms with Crippen molar-refractivity contribution in [1.82, 2.24) is 0 Å². The number of para-hydroxylation sites is 2. The van der Waals surface area contributed by atoms with Crippen LogP contribution in [0.25, 0.3) is 10.8 Å². The Kier molecular flexibility index (Phi) is 4.07. The molecule has 0 unspecified atom stereocenters. The predicted molar refractivity (Wildman–Crippen MR) is 124 cm³/mol. The van der Waals surface area contributed by atoms with Gasteiger partial charge in [-0.1, -0.05) is 24.3 Å². The second-order valence-corrected chi connectivity index (χ2v) is 8.22. The Morgan fingerprint density at radius 3 is 1.03 bits per heavy atom. The molecule has 6 rings (SSSR count). The van der Waals surface area contributed by atoms with E-state index in [1.54, 1.807) is 72.8 Å². The van der Waals surface area contributed by atoms with Crippen molar-refractivity contribution >= 4 is 57.2 Å². The number of carbonyl (C=O) groups is 4. The highest BCUT2D eigenvalue weighted by Crippen LogP contribution is 2.41. The van der Waals surface area contributed by atoms with E-state index in [0.29, 0.717) is 33.5 Å². The molecule has 2 aliphatic rings. The largest absolute Gasteiger partial charge is 0.323 e. The van der Waals surface area contributed by atoms with Crippen LogP contribution >= 0.6 is 0 Å². The maximum absolute atomic E-state index is 13.5. The third kappa shape index (κ3) is 2.49. The van der Waals surface area contributed by atoms with Gasteiger partial charge in [-0.2, -0.15) is 0 Å². The van der Waals surface area contributed by atoms with E-state index in [2.05, 4.69) is 11.5 Å². The zero-order valence-corrected chi connectivity index (χ0v) is 17.9. The van der Waals surface area contributed by atoms with Gasteiger partial charge in [-0.25, -0.2) is 9.80 Å². The number of benzene rings is 4. The van der Waals surface area contributed by atoms with Crippen LogP contribution in [0.3, 0.4) is 0 Å². The van der Waals surface area contributed by atoms with Crippen LogP contribution in [0.1, 0.15) is 41.4 Å². The first-order valence-corrected chi connectivity index (χ1v) is 10.6. The van der Waals surface area contributed by atoms with E-state index in [1.165, 1.54) is 0 Å². The predicted octanol–water partition coefficient (Wildman–Crippen LogP) is 2.19. The Balaban J connectivity index is 1.59. The second kappa shape index (κ2) is 6.92. The van der Waals surface area contributed by atoms with E-state index >= 15 is 0 Å². The fraction of sp³-hybridized carbons (Fsp3) is 0. The number of anilines is 2. The van der Waals surface area contributed by atoms with Gasteiger partial charge in [-0.05, 0) is 36.4 Å². The maximum atomic E-state index is 13.5. The molecule has 0 atom stereocenters. The lowest BCUT2D eigenvalue weighted by atomic mass is 9.85. The van der Waals surface area contributed by atoms with Crippen molar-refractivity contribution in [2.45, 2.75) is 0 Å². The van der Waals surface area contributed by atoms with Crippen LogP contribution in [0.2, 0.25) is 0 Å². The molecule has 2 heterocycles. The summed E-state index contributed by atoms with van der Waals surface area (Å²) in [7, 11) is 0. The number of rotatable bonds is 2. The number of quaternary nitrogens is 2. The van der Waals surface area contributed by atoms with Crippen molar-refractivity contribution in [2.75, 3.05) is 9.80 Å². The first-order valence-electron chi connectivity index (χ1n) is 10.6. The van der Waals surface area contributed by atoms with E-state index in [9.17, 15) is 19.2 Å². The summed E-state index contributed by atoms with van der Waals surface area (Å²) < 4.78 is 0. The smallest absolute Gasteiger partial charge is 0.266 e. The summed E-state index contributed by atoms with van der Waals surface area (Å²) in [5.74, 6) is -2.10. The Morgan fingerprint density at radius 2 is 0.735 bits per heavy atom. The fourth-order valence-electron chi connectivity index (χ4n) is 4.77. The van der Waals surface area contributed by atoms with Gasteiger partial charge in [-0.15, -0.1) is 0 Å². The van der Waals surface area contributed by atoms with Crippen molar-refractivity contribution in [1.29, 1.82) is 0 Å². The van der Waals surface area contributed by atoms with Crippen molar-refractivity contribution in [3.05, 3.63) is 95.1 Å². The minimum Gasteiger partial charge on any atom is -0.323 e. The van der Waals surface area contributed by atoms with Crippen LogP contribution in [-0.4, -0.2) is 23.6 Å². The maximum Gasteiger partial charge on any atom is 0.266 e. The second-order valence-electron chi connectivity index (χ2n) is 8.22. The van der Waals surface area contributed by atoms with E-state index < -0.39 is 23.6 Å². The molecular weight excluding hydrogens is 432 g/mol. The van der Waals surface area contributed by atoms with Gasteiger partial charge in [-0.3, -0.25) is 19.2 Å². The molecule has 0 bridgehead atoms. The van der Waals surface area contributed by atoms with E-state index in [4.69, 9.17) is 0 Å². The minimum atomic E-state index is -0.525. The molecule has 0 aliphatic carbocycles. The van der Waals surface area contributed by atoms with Crippen LogP contribution in [0, 0.1) is 0 Å². The third-order valence-electron chi connectivity index (χ3n) is 6.36. The number of hydrogen-bond acceptors (Lipinski definition) is 4. The zero-order chi connectivity index (χ0) is 23.7. The summed E-state index contributed by atoms with van der Waals surface area (Å²) in [6.07, 6.45) is 0. The van der Waals surface area contributed by atoms with Gasteiger partial charge in [0.15, 0.2) is 11.4 Å². The molecule has 0 radical (unpaired) electrons. The number of imide groups is 2. The van der Waals surface area contributed by atoms with E-state index in [1.807, 2.05) is 0 Å². The van der Waals surface area contributed by atoms with Gasteiger partial charge in [0.05, 0.1) is 0 Å². The molecule has 4 aromatic rings. The van der Waals surface area contributed by atoms with E-state index in [-0.39, 0.29) is 22.3 Å². The standard InChI is InChI=1S/C26H16N4O4/c27-17-5-1-3-7-19(17)29-23(31)13-9-11-15-22-16(12-10-14(21(13)22)24(29)32)26(34)30(25(15)33)20-8-4-2-6-18(20)28/h1-12H,27-28H2/p+2. The molecule has 6 N–H and O–H groups in total. The molecule has 8 nitrogen and oxygen atoms in total. The van der Waals surface area contributed by atoms with Gasteiger partial charge >= 0.3 is 0 Å². The van der Waals surface area contributed by atoms with Crippen molar-refractivity contribution < 1.29 is 30.6 Å². The Hall–Kier alpha value is -4.66. The van der Waals surface area contributed by atoms with Crippen LogP contribution < -0.4 is 21.3 Å². The Labute approximate surface area is 193 Å². The zero-order valence-electron chi connectivity index (χ0n) is 17.9. The van der Waals surface area contributed by atoms with Crippen LogP contribution in [-0.2, 0) is 0 Å². The molecule has 0 saturated carbocycles. The lowest BCUT2D eigenvalue weighted by Crippen LogP contribution is -2.48. The molecule has 8 heteroatoms. The Morgan fingerprint density at radius 1 is 0.441 bits per heavy atom. The summed E-state index contributed by atoms with van der Waals surface area (Å²) in [5.41, 5.74) is 10.7. The summed E-state index contributed by atoms with van der Waals surface area (Å²) in [6, 6.07) is 19.9. The SMILES string of the molecule is [NH3+]c1ccccc1N1C(=O)c2ccc3c4c(ccc(c24)C1=O)C(=O)N(c1ccccc1[NH3+])C3=O. The van der Waals surface area contributed by atoms with Gasteiger partial charge in [0, 0.05) is 45.2 Å². The Bertz CT molecular complexity index is 1430. The first kappa shape index (κ1) is 20.0. The summed E-state index contributed by atoms with van der Waals surface area (Å²) in [4.78, 5) is 56.1. The number of carbonyl (C=O) groups excluding carboxylic acids is 4. The molecule has 4 aromatic carbocycles. The highest BCUT2D eigenvalue weighted by molar-refractivity contribution is 6.42. The molecule has 34 heavy (non-hydrogen) atoms. The highest BCUT2D eigenvalue weighted by atomic mass is 16.2. The highest BCUT2D eigenvalue weighted by Gasteiger charge is 2.41. The average molecular weight is 450 g/mol. The van der Waals surface area contributed by atoms with Gasteiger partial charge in [0.25, 0.3) is 23.6 Å². The topological polar surface area (TPSA) is 130 Å². The summed E-state index contributed by atoms with van der Waals surface area (Å²) >= 11 is 0. The monoisotopic (exact) mass is 450 g/mol. The summed E-state index contributed by atoms with van der Waals surface area (Å²) in [5, 5.41) is 0.652. The number of hydrogen-bond donors (Lipinski definition) is 2. The average Bonchev–Trinajstić information content (AvgIpc) is 2.83. The van der Waals surface area contributed by atoms with Crippen molar-refractivity contribution in [3.63, 3.8) is 0 Å². The molecule has 4 amide bonds. The van der Waals surface area contributed by atoms with Crippen LogP contribution in [0.5, 0.6) is 0 Å². The van der Waals surface area contributed by atoms with Gasteiger partial charge in [0.2, 0.25) is 0 Å². The molecular formula is C26H18N4O4+2. The van der Waals surface area contributed by atoms with Crippen LogP contribution in [0.4, 0.5) is 22.7 Å². The summed E-state index contributed by atoms with van der Waals surface area (Å²) in [6.45, 7) is 0. The molecule has 164 valence electrons. The quantitative estimate of drug-likeness (QED) is 0.453.